The Morgan fingerprint density at radius 3 is 2.00 bits per heavy atom. The Morgan fingerprint density at radius 2 is 2.00 bits per heavy atom. The molecule has 2 nitrogen and oxygen atoms in total. The molecule has 0 atom stereocenters. The van der Waals surface area contributed by atoms with E-state index in [0.717, 1.165) is 0 Å². The van der Waals surface area contributed by atoms with Gasteiger partial charge in [-0.15, -0.1) is 0 Å². The number of hydrogen-bond acceptors (Lipinski definition) is 1. The zero-order chi connectivity index (χ0) is 3.58. The molecule has 0 fully saturated rings. The Hall–Kier alpha value is 0.933. The van der Waals surface area contributed by atoms with Gasteiger partial charge in [0.2, 0.25) is 0 Å². The van der Waals surface area contributed by atoms with Crippen LogP contribution in [0.2, 0.25) is 0 Å². The molecule has 0 amide bonds. The molecule has 0 bridgehead atoms. The van der Waals surface area contributed by atoms with Crippen molar-refractivity contribution in [3.05, 3.63) is 0 Å². The van der Waals surface area contributed by atoms with E-state index in [9.17, 15) is 0 Å². The van der Waals surface area contributed by atoms with E-state index in [2.05, 4.69) is 8.51 Å². The molecule has 0 aliphatic heterocycles. The van der Waals surface area contributed by atoms with Crippen molar-refractivity contribution in [3.8, 4) is 0 Å². The molecule has 0 aliphatic carbocycles. The molecule has 0 aromatic heterocycles. The van der Waals surface area contributed by atoms with Gasteiger partial charge < -0.3 is 0 Å². The molecule has 0 radical (unpaired) electrons. The van der Waals surface area contributed by atoms with E-state index < -0.39 is 21.0 Å². The Morgan fingerprint density at radius 1 is 2.00 bits per heavy atom. The summed E-state index contributed by atoms with van der Waals surface area (Å²) in [6, 6.07) is 0. The standard InChI is InChI=1S/ClH.H2O.O.Zr/h1H;1H2;;/q;;;+2/p-2. The maximum absolute atomic E-state index is 9.05. The summed E-state index contributed by atoms with van der Waals surface area (Å²) in [4.78, 5) is 0. The fraction of sp³-hybridized carbons (Fsp3) is 0. The third-order valence-electron chi connectivity index (χ3n) is 0. The van der Waals surface area contributed by atoms with Crippen LogP contribution in [0.3, 0.4) is 0 Å². The molecule has 4 heteroatoms. The van der Waals surface area contributed by atoms with Gasteiger partial charge in [-0.3, -0.25) is 0 Å². The van der Waals surface area contributed by atoms with Crippen LogP contribution in [0.15, 0.2) is 0 Å². The van der Waals surface area contributed by atoms with E-state index in [0.29, 0.717) is 0 Å². The summed E-state index contributed by atoms with van der Waals surface area (Å²) in [5, 5.41) is 0. The van der Waals surface area contributed by atoms with Crippen LogP contribution in [0.25, 0.3) is 0 Å². The van der Waals surface area contributed by atoms with Gasteiger partial charge in [-0.1, -0.05) is 0 Å². The summed E-state index contributed by atoms with van der Waals surface area (Å²) >= 11 is -3.32. The number of hydrogen-bond donors (Lipinski definition) is 1. The molecule has 0 saturated carbocycles. The molecule has 24 valence electrons. The minimum atomic E-state index is -3.32. The SMILES string of the molecule is [O]=[Zr]([OH])[Cl]. The number of rotatable bonds is 0. The molecule has 0 unspecified atom stereocenters. The third kappa shape index (κ3) is 12.6. The summed E-state index contributed by atoms with van der Waals surface area (Å²) in [7, 11) is 4.47. The van der Waals surface area contributed by atoms with Crippen molar-refractivity contribution in [2.45, 2.75) is 0 Å². The van der Waals surface area contributed by atoms with Gasteiger partial charge in [0.15, 0.2) is 0 Å². The number of halogens is 1. The van der Waals surface area contributed by atoms with Gasteiger partial charge in [-0.05, 0) is 0 Å². The Balaban J connectivity index is 2.80. The molecular weight excluding hydrogens is 159 g/mol. The van der Waals surface area contributed by atoms with Crippen molar-refractivity contribution < 1.29 is 27.0 Å². The zero-order valence-electron chi connectivity index (χ0n) is 1.73. The van der Waals surface area contributed by atoms with Gasteiger partial charge in [0.25, 0.3) is 0 Å². The first-order valence-electron chi connectivity index (χ1n) is 0.617. The molecule has 0 spiro atoms. The minimum absolute atomic E-state index is 3.32. The summed E-state index contributed by atoms with van der Waals surface area (Å²) in [5.41, 5.74) is 0. The normalized spacial score (nSPS) is 6.50. The second-order valence-corrected chi connectivity index (χ2v) is 3.41. The predicted molar refractivity (Wildman–Crippen MR) is 8.76 cm³/mol. The van der Waals surface area contributed by atoms with E-state index in [4.69, 9.17) is 6.00 Å². The summed E-state index contributed by atoms with van der Waals surface area (Å²) in [5.74, 6) is 0. The fourth-order valence-electron chi connectivity index (χ4n) is 0. The van der Waals surface area contributed by atoms with Crippen LogP contribution in [0, 0.1) is 0 Å². The summed E-state index contributed by atoms with van der Waals surface area (Å²) in [6.07, 6.45) is 0. The monoisotopic (exact) mass is 158 g/mol. The first-order valence-corrected chi connectivity index (χ1v) is 5.88. The molecule has 1 N–H and O–H groups in total. The van der Waals surface area contributed by atoms with Crippen LogP contribution in [0.4, 0.5) is 0 Å². The quantitative estimate of drug-likeness (QED) is 0.541. The van der Waals surface area contributed by atoms with E-state index >= 15 is 0 Å². The molecule has 0 aliphatic rings. The summed E-state index contributed by atoms with van der Waals surface area (Å²) in [6.45, 7) is 0. The van der Waals surface area contributed by atoms with Gasteiger partial charge in [0, 0.05) is 0 Å². The van der Waals surface area contributed by atoms with E-state index in [-0.39, 0.29) is 0 Å². The van der Waals surface area contributed by atoms with Crippen molar-refractivity contribution in [2.75, 3.05) is 0 Å². The van der Waals surface area contributed by atoms with Gasteiger partial charge in [-0.2, -0.15) is 0 Å². The van der Waals surface area contributed by atoms with Crippen molar-refractivity contribution in [1.82, 2.24) is 0 Å². The zero-order valence-corrected chi connectivity index (χ0v) is 4.95. The fourth-order valence-corrected chi connectivity index (χ4v) is 0. The molecule has 4 heavy (non-hydrogen) atoms. The van der Waals surface area contributed by atoms with Gasteiger partial charge >= 0.3 is 35.5 Å². The van der Waals surface area contributed by atoms with E-state index in [1.807, 2.05) is 0 Å². The summed E-state index contributed by atoms with van der Waals surface area (Å²) < 4.78 is 16.5. The molecule has 0 rings (SSSR count). The van der Waals surface area contributed by atoms with Crippen LogP contribution < -0.4 is 0 Å². The third-order valence-corrected chi connectivity index (χ3v) is 0. The Kier molecular flexibility index (Phi) is 2.70. The second kappa shape index (κ2) is 2.19. The molecule has 0 saturated heterocycles. The van der Waals surface area contributed by atoms with Crippen LogP contribution in [-0.4, -0.2) is 3.18 Å². The van der Waals surface area contributed by atoms with Crippen LogP contribution >= 0.6 is 8.51 Å². The topological polar surface area (TPSA) is 37.3 Å². The van der Waals surface area contributed by atoms with Crippen molar-refractivity contribution in [2.24, 2.45) is 0 Å². The average Bonchev–Trinajstić information content (AvgIpc) is 0.811. The van der Waals surface area contributed by atoms with Crippen molar-refractivity contribution in [1.29, 1.82) is 0 Å². The maximum atomic E-state index is 9.05. The molecule has 0 aromatic carbocycles. The first kappa shape index (κ1) is 4.93. The van der Waals surface area contributed by atoms with Crippen molar-refractivity contribution >= 4 is 8.51 Å². The van der Waals surface area contributed by atoms with Crippen molar-refractivity contribution in [3.63, 3.8) is 0 Å². The van der Waals surface area contributed by atoms with Gasteiger partial charge in [0.1, 0.15) is 0 Å². The first-order chi connectivity index (χ1) is 1.73. The average molecular weight is 160 g/mol. The molecule has 0 heterocycles. The van der Waals surface area contributed by atoms with E-state index in [1.165, 1.54) is 0 Å². The second-order valence-electron chi connectivity index (χ2n) is 0.253. The Bertz CT molecular complexity index is 29.0. The van der Waals surface area contributed by atoms with Crippen LogP contribution in [-0.2, 0) is 23.8 Å². The van der Waals surface area contributed by atoms with Gasteiger partial charge in [-0.25, -0.2) is 0 Å². The van der Waals surface area contributed by atoms with Crippen LogP contribution in [0.5, 0.6) is 0 Å². The van der Waals surface area contributed by atoms with Crippen LogP contribution in [0.1, 0.15) is 0 Å². The van der Waals surface area contributed by atoms with E-state index in [1.54, 1.807) is 0 Å². The predicted octanol–water partition coefficient (Wildman–Crippen LogP) is 0.0112. The molecule has 0 aromatic rings. The van der Waals surface area contributed by atoms with Gasteiger partial charge in [0.05, 0.1) is 0 Å². The Labute approximate surface area is 35.7 Å². The molecular formula is HClO2Zr.